The van der Waals surface area contributed by atoms with E-state index < -0.39 is 11.7 Å². The van der Waals surface area contributed by atoms with Crippen LogP contribution in [0.1, 0.15) is 10.4 Å². The molecule has 1 aliphatic heterocycles. The van der Waals surface area contributed by atoms with E-state index in [-0.39, 0.29) is 17.4 Å². The molecule has 4 nitrogen and oxygen atoms in total. The van der Waals surface area contributed by atoms with Gasteiger partial charge in [0, 0.05) is 5.02 Å². The predicted molar refractivity (Wildman–Crippen MR) is 84.7 cm³/mol. The van der Waals surface area contributed by atoms with Crippen LogP contribution in [0.15, 0.2) is 42.5 Å². The van der Waals surface area contributed by atoms with Gasteiger partial charge in [-0.25, -0.2) is 4.39 Å². The van der Waals surface area contributed by atoms with Gasteiger partial charge in [0.25, 0.3) is 5.91 Å². The number of nitrogens with zero attached hydrogens (tertiary/aromatic N) is 1. The number of rotatable bonds is 4. The van der Waals surface area contributed by atoms with Gasteiger partial charge in [-0.2, -0.15) is 0 Å². The molecule has 0 N–H and O–H groups in total. The van der Waals surface area contributed by atoms with Gasteiger partial charge in [-0.15, -0.1) is 0 Å². The van der Waals surface area contributed by atoms with E-state index in [0.717, 1.165) is 0 Å². The van der Waals surface area contributed by atoms with Gasteiger partial charge in [0.2, 0.25) is 0 Å². The summed E-state index contributed by atoms with van der Waals surface area (Å²) in [6.45, 7) is 0.783. The van der Waals surface area contributed by atoms with Gasteiger partial charge in [0.1, 0.15) is 29.0 Å². The highest BCUT2D eigenvalue weighted by Crippen LogP contribution is 2.27. The number of carbonyl (C=O) groups excluding carboxylic acids is 1. The molecule has 0 aliphatic carbocycles. The molecular weight excluding hydrogens is 321 g/mol. The lowest BCUT2D eigenvalue weighted by atomic mass is 10.1. The van der Waals surface area contributed by atoms with Crippen molar-refractivity contribution in [3.8, 4) is 11.5 Å². The van der Waals surface area contributed by atoms with Crippen molar-refractivity contribution < 1.29 is 18.7 Å². The Labute approximate surface area is 138 Å². The zero-order chi connectivity index (χ0) is 16.4. The van der Waals surface area contributed by atoms with Gasteiger partial charge < -0.3 is 14.4 Å². The third-order valence-corrected chi connectivity index (χ3v) is 3.88. The molecule has 0 unspecified atom stereocenters. The summed E-state index contributed by atoms with van der Waals surface area (Å²) in [5, 5.41) is 0.589. The van der Waals surface area contributed by atoms with Gasteiger partial charge >= 0.3 is 0 Å². The average molecular weight is 336 g/mol. The Hall–Kier alpha value is -2.27. The average Bonchev–Trinajstić information content (AvgIpc) is 2.49. The van der Waals surface area contributed by atoms with Crippen molar-refractivity contribution in [2.45, 2.75) is 6.10 Å². The number of ether oxygens (including phenoxy) is 2. The largest absolute Gasteiger partial charge is 0.496 e. The van der Waals surface area contributed by atoms with Crippen molar-refractivity contribution in [2.24, 2.45) is 0 Å². The van der Waals surface area contributed by atoms with Crippen LogP contribution in [0.25, 0.3) is 0 Å². The summed E-state index contributed by atoms with van der Waals surface area (Å²) in [5.74, 6) is -0.105. The van der Waals surface area contributed by atoms with Gasteiger partial charge in [-0.1, -0.05) is 23.7 Å². The van der Waals surface area contributed by atoms with Crippen LogP contribution in [0.2, 0.25) is 5.02 Å². The fraction of sp³-hybridized carbons (Fsp3) is 0.235. The SMILES string of the molecule is COc1cccc(F)c1C(=O)N1CC(Oc2cccc(Cl)c2)C1. The molecule has 0 radical (unpaired) electrons. The summed E-state index contributed by atoms with van der Waals surface area (Å²) < 4.78 is 24.7. The quantitative estimate of drug-likeness (QED) is 0.859. The molecule has 2 aromatic carbocycles. The molecule has 2 aromatic rings. The highest BCUT2D eigenvalue weighted by atomic mass is 35.5. The van der Waals surface area contributed by atoms with Crippen LogP contribution in [-0.4, -0.2) is 37.1 Å². The molecule has 23 heavy (non-hydrogen) atoms. The first-order valence-corrected chi connectivity index (χ1v) is 7.50. The summed E-state index contributed by atoms with van der Waals surface area (Å²) in [6, 6.07) is 11.4. The Morgan fingerprint density at radius 1 is 1.26 bits per heavy atom. The third-order valence-electron chi connectivity index (χ3n) is 3.64. The molecule has 6 heteroatoms. The van der Waals surface area contributed by atoms with Crippen molar-refractivity contribution in [3.63, 3.8) is 0 Å². The summed E-state index contributed by atoms with van der Waals surface area (Å²) in [7, 11) is 1.41. The van der Waals surface area contributed by atoms with E-state index in [2.05, 4.69) is 0 Å². The molecule has 1 aliphatic rings. The predicted octanol–water partition coefficient (Wildman–Crippen LogP) is 3.39. The highest BCUT2D eigenvalue weighted by Gasteiger charge is 2.35. The minimum absolute atomic E-state index is 0.0452. The molecule has 1 amide bonds. The van der Waals surface area contributed by atoms with E-state index in [0.29, 0.717) is 23.9 Å². The maximum Gasteiger partial charge on any atom is 0.260 e. The smallest absolute Gasteiger partial charge is 0.260 e. The van der Waals surface area contributed by atoms with Crippen LogP contribution in [0.3, 0.4) is 0 Å². The van der Waals surface area contributed by atoms with E-state index in [1.165, 1.54) is 24.1 Å². The lowest BCUT2D eigenvalue weighted by molar-refractivity contribution is 0.0172. The molecule has 0 spiro atoms. The van der Waals surface area contributed by atoms with Crippen LogP contribution >= 0.6 is 11.6 Å². The third kappa shape index (κ3) is 3.24. The zero-order valence-electron chi connectivity index (χ0n) is 12.5. The number of carbonyl (C=O) groups is 1. The van der Waals surface area contributed by atoms with Crippen molar-refractivity contribution >= 4 is 17.5 Å². The fourth-order valence-electron chi connectivity index (χ4n) is 2.45. The summed E-state index contributed by atoms with van der Waals surface area (Å²) in [6.07, 6.45) is -0.129. The zero-order valence-corrected chi connectivity index (χ0v) is 13.2. The second-order valence-corrected chi connectivity index (χ2v) is 5.66. The number of halogens is 2. The number of hydrogen-bond donors (Lipinski definition) is 0. The number of benzene rings is 2. The van der Waals surface area contributed by atoms with Gasteiger partial charge in [0.05, 0.1) is 20.2 Å². The molecule has 0 atom stereocenters. The van der Waals surface area contributed by atoms with Crippen LogP contribution in [0.4, 0.5) is 4.39 Å². The molecule has 1 saturated heterocycles. The molecule has 1 heterocycles. The normalized spacial score (nSPS) is 14.3. The van der Waals surface area contributed by atoms with E-state index >= 15 is 0 Å². The second kappa shape index (κ2) is 6.46. The topological polar surface area (TPSA) is 38.8 Å². The molecule has 1 fully saturated rings. The summed E-state index contributed by atoms with van der Waals surface area (Å²) >= 11 is 5.90. The van der Waals surface area contributed by atoms with Crippen molar-refractivity contribution in [3.05, 3.63) is 58.9 Å². The van der Waals surface area contributed by atoms with Crippen molar-refractivity contribution in [1.29, 1.82) is 0 Å². The van der Waals surface area contributed by atoms with E-state index in [1.807, 2.05) is 0 Å². The molecule has 120 valence electrons. The number of hydrogen-bond acceptors (Lipinski definition) is 3. The van der Waals surface area contributed by atoms with Gasteiger partial charge in [0.15, 0.2) is 0 Å². The first kappa shape index (κ1) is 15.6. The number of likely N-dealkylation sites (tertiary alicyclic amines) is 1. The van der Waals surface area contributed by atoms with E-state index in [4.69, 9.17) is 21.1 Å². The van der Waals surface area contributed by atoms with Crippen LogP contribution in [0.5, 0.6) is 11.5 Å². The Kier molecular flexibility index (Phi) is 4.39. The lowest BCUT2D eigenvalue weighted by Crippen LogP contribution is -2.56. The number of methoxy groups -OCH3 is 1. The van der Waals surface area contributed by atoms with E-state index in [9.17, 15) is 9.18 Å². The first-order valence-electron chi connectivity index (χ1n) is 7.12. The van der Waals surface area contributed by atoms with Crippen molar-refractivity contribution in [2.75, 3.05) is 20.2 Å². The lowest BCUT2D eigenvalue weighted by Gasteiger charge is -2.39. The fourth-order valence-corrected chi connectivity index (χ4v) is 2.63. The standard InChI is InChI=1S/C17H15ClFNO3/c1-22-15-7-3-6-14(19)16(15)17(21)20-9-13(10-20)23-12-5-2-4-11(18)8-12/h2-8,13H,9-10H2,1H3. The Morgan fingerprint density at radius 3 is 2.70 bits per heavy atom. The Balaban J connectivity index is 1.64. The Morgan fingerprint density at radius 2 is 2.00 bits per heavy atom. The monoisotopic (exact) mass is 335 g/mol. The maximum absolute atomic E-state index is 13.9. The van der Waals surface area contributed by atoms with Gasteiger partial charge in [-0.3, -0.25) is 4.79 Å². The van der Waals surface area contributed by atoms with Gasteiger partial charge in [-0.05, 0) is 30.3 Å². The van der Waals surface area contributed by atoms with Crippen LogP contribution in [-0.2, 0) is 0 Å². The molecule has 0 aromatic heterocycles. The Bertz CT molecular complexity index is 732. The summed E-state index contributed by atoms with van der Waals surface area (Å²) in [5.41, 5.74) is -0.0452. The summed E-state index contributed by atoms with van der Waals surface area (Å²) in [4.78, 5) is 13.9. The van der Waals surface area contributed by atoms with Crippen LogP contribution in [0, 0.1) is 5.82 Å². The second-order valence-electron chi connectivity index (χ2n) is 5.22. The number of amides is 1. The van der Waals surface area contributed by atoms with E-state index in [1.54, 1.807) is 30.3 Å². The molecular formula is C17H15ClFNO3. The highest BCUT2D eigenvalue weighted by molar-refractivity contribution is 6.30. The van der Waals surface area contributed by atoms with Crippen molar-refractivity contribution in [1.82, 2.24) is 4.90 Å². The minimum atomic E-state index is -0.589. The molecule has 0 bridgehead atoms. The molecule has 3 rings (SSSR count). The molecule has 0 saturated carbocycles. The first-order chi connectivity index (χ1) is 11.1. The maximum atomic E-state index is 13.9. The van der Waals surface area contributed by atoms with Crippen LogP contribution < -0.4 is 9.47 Å². The minimum Gasteiger partial charge on any atom is -0.496 e.